The number of hydrogen-bond donors (Lipinski definition) is 1. The summed E-state index contributed by atoms with van der Waals surface area (Å²) in [4.78, 5) is 48.0. The van der Waals surface area contributed by atoms with Crippen LogP contribution in [0.1, 0.15) is 33.6 Å². The predicted octanol–water partition coefficient (Wildman–Crippen LogP) is 2.52. The van der Waals surface area contributed by atoms with Crippen LogP contribution >= 0.6 is 11.3 Å². The smallest absolute Gasteiger partial charge is 0.255 e. The topological polar surface area (TPSA) is 85.9 Å². The molecule has 1 aromatic carbocycles. The van der Waals surface area contributed by atoms with Gasteiger partial charge in [-0.1, -0.05) is 0 Å². The largest absolute Gasteiger partial charge is 0.367 e. The number of nitrogens with one attached hydrogen (secondary N) is 1. The normalized spacial score (nSPS) is 21.1. The first kappa shape index (κ1) is 22.1. The molecule has 5 heterocycles. The molecular weight excluding hydrogens is 469 g/mol. The molecule has 0 bridgehead atoms. The molecule has 1 atom stereocenters. The Labute approximate surface area is 205 Å². The van der Waals surface area contributed by atoms with Crippen LogP contribution in [0, 0.1) is 5.82 Å². The number of hydrogen-bond acceptors (Lipinski definition) is 7. The number of nitrogens with zero attached hydrogens (tertiary/aromatic N) is 4. The third-order valence-corrected chi connectivity index (χ3v) is 8.15. The lowest BCUT2D eigenvalue weighted by atomic mass is 10.0. The van der Waals surface area contributed by atoms with E-state index >= 15 is 4.39 Å². The number of piperazine rings is 1. The number of amides is 3. The summed E-state index contributed by atoms with van der Waals surface area (Å²) in [5, 5.41) is 3.46. The zero-order chi connectivity index (χ0) is 24.1. The predicted molar refractivity (Wildman–Crippen MR) is 130 cm³/mol. The van der Waals surface area contributed by atoms with E-state index in [1.165, 1.54) is 20.5 Å². The molecule has 2 saturated heterocycles. The minimum atomic E-state index is -0.702. The molecule has 10 heteroatoms. The van der Waals surface area contributed by atoms with Crippen LogP contribution in [-0.4, -0.2) is 64.7 Å². The Morgan fingerprint density at radius 1 is 1.11 bits per heavy atom. The third-order valence-electron chi connectivity index (χ3n) is 7.05. The van der Waals surface area contributed by atoms with E-state index in [1.54, 1.807) is 17.4 Å². The Morgan fingerprint density at radius 2 is 1.94 bits per heavy atom. The molecule has 0 aliphatic carbocycles. The fraction of sp³-hybridized carbons (Fsp3) is 0.360. The number of piperidine rings is 1. The Bertz CT molecular complexity index is 1320. The highest BCUT2D eigenvalue weighted by molar-refractivity contribution is 7.19. The monoisotopic (exact) mass is 493 g/mol. The molecule has 3 aromatic rings. The highest BCUT2D eigenvalue weighted by atomic mass is 32.1. The van der Waals surface area contributed by atoms with Gasteiger partial charge in [-0.15, -0.1) is 11.3 Å². The molecule has 0 saturated carbocycles. The second kappa shape index (κ2) is 8.69. The van der Waals surface area contributed by atoms with Gasteiger partial charge in [-0.3, -0.25) is 29.6 Å². The van der Waals surface area contributed by atoms with E-state index in [0.29, 0.717) is 24.3 Å². The van der Waals surface area contributed by atoms with Crippen molar-refractivity contribution in [1.29, 1.82) is 0 Å². The van der Waals surface area contributed by atoms with Crippen molar-refractivity contribution in [3.8, 4) is 0 Å². The van der Waals surface area contributed by atoms with Gasteiger partial charge in [0.1, 0.15) is 11.9 Å². The minimum Gasteiger partial charge on any atom is -0.367 e. The lowest BCUT2D eigenvalue weighted by Gasteiger charge is -2.36. The van der Waals surface area contributed by atoms with E-state index in [9.17, 15) is 14.4 Å². The van der Waals surface area contributed by atoms with Crippen LogP contribution in [0.25, 0.3) is 10.1 Å². The lowest BCUT2D eigenvalue weighted by molar-refractivity contribution is -0.136. The zero-order valence-electron chi connectivity index (χ0n) is 19.0. The van der Waals surface area contributed by atoms with Crippen molar-refractivity contribution in [2.75, 3.05) is 31.1 Å². The van der Waals surface area contributed by atoms with Crippen molar-refractivity contribution in [1.82, 2.24) is 20.1 Å². The lowest BCUT2D eigenvalue weighted by Crippen LogP contribution is -2.52. The summed E-state index contributed by atoms with van der Waals surface area (Å²) in [6.45, 7) is 4.10. The molecule has 180 valence electrons. The van der Waals surface area contributed by atoms with E-state index < -0.39 is 17.8 Å². The van der Waals surface area contributed by atoms with Gasteiger partial charge >= 0.3 is 0 Å². The standard InChI is InChI=1S/C25H24FN5O3S/c26-19-11-18-16(13-31(25(18)34)20-1-2-23(32)28-24(20)33)10-21(19)30-7-5-29(6-8-30)14-17-9-15-12-27-4-3-22(15)35-17/h3-4,9-12,20H,1-2,5-8,13-14H2,(H,28,32,33). The molecule has 1 unspecified atom stereocenters. The summed E-state index contributed by atoms with van der Waals surface area (Å²) in [6.07, 6.45) is 4.18. The Balaban J connectivity index is 1.13. The van der Waals surface area contributed by atoms with Crippen molar-refractivity contribution in [2.45, 2.75) is 32.0 Å². The van der Waals surface area contributed by atoms with E-state index in [-0.39, 0.29) is 31.2 Å². The molecule has 3 aliphatic rings. The van der Waals surface area contributed by atoms with Crippen LogP contribution in [0.5, 0.6) is 0 Å². The third kappa shape index (κ3) is 4.06. The second-order valence-electron chi connectivity index (χ2n) is 9.25. The number of imide groups is 1. The first-order valence-corrected chi connectivity index (χ1v) is 12.5. The number of thiophene rings is 1. The molecule has 35 heavy (non-hydrogen) atoms. The molecule has 2 fully saturated rings. The Hall–Kier alpha value is -3.37. The summed E-state index contributed by atoms with van der Waals surface area (Å²) >= 11 is 1.78. The van der Waals surface area contributed by atoms with Gasteiger partial charge < -0.3 is 9.80 Å². The van der Waals surface area contributed by atoms with Crippen LogP contribution in [0.3, 0.4) is 0 Å². The summed E-state index contributed by atoms with van der Waals surface area (Å²) in [6, 6.07) is 6.57. The molecule has 0 radical (unpaired) electrons. The quantitative estimate of drug-likeness (QED) is 0.563. The van der Waals surface area contributed by atoms with Gasteiger partial charge in [0.15, 0.2) is 0 Å². The average Bonchev–Trinajstić information content (AvgIpc) is 3.39. The van der Waals surface area contributed by atoms with E-state index in [4.69, 9.17) is 0 Å². The molecule has 3 aliphatic heterocycles. The van der Waals surface area contributed by atoms with Gasteiger partial charge in [0.25, 0.3) is 5.91 Å². The maximum Gasteiger partial charge on any atom is 0.255 e. The molecule has 0 spiro atoms. The number of carbonyl (C=O) groups excluding carboxylic acids is 3. The van der Waals surface area contributed by atoms with Crippen molar-refractivity contribution < 1.29 is 18.8 Å². The van der Waals surface area contributed by atoms with Gasteiger partial charge in [0, 0.05) is 78.6 Å². The van der Waals surface area contributed by atoms with E-state index in [1.807, 2.05) is 23.4 Å². The first-order valence-electron chi connectivity index (χ1n) is 11.7. The summed E-state index contributed by atoms with van der Waals surface area (Å²) in [5.41, 5.74) is 1.51. The van der Waals surface area contributed by atoms with E-state index in [2.05, 4.69) is 21.3 Å². The summed E-state index contributed by atoms with van der Waals surface area (Å²) < 4.78 is 16.3. The Morgan fingerprint density at radius 3 is 2.71 bits per heavy atom. The Kier molecular flexibility index (Phi) is 5.49. The average molecular weight is 494 g/mol. The van der Waals surface area contributed by atoms with Crippen molar-refractivity contribution in [2.24, 2.45) is 0 Å². The first-order chi connectivity index (χ1) is 17.0. The van der Waals surface area contributed by atoms with Gasteiger partial charge in [-0.25, -0.2) is 4.39 Å². The number of halogens is 1. The van der Waals surface area contributed by atoms with Crippen LogP contribution in [0.4, 0.5) is 10.1 Å². The molecule has 6 rings (SSSR count). The number of rotatable bonds is 4. The molecule has 2 aromatic heterocycles. The highest BCUT2D eigenvalue weighted by Gasteiger charge is 2.40. The number of pyridine rings is 1. The number of benzene rings is 1. The van der Waals surface area contributed by atoms with Crippen molar-refractivity contribution in [3.63, 3.8) is 0 Å². The van der Waals surface area contributed by atoms with Crippen LogP contribution in [-0.2, 0) is 22.7 Å². The number of fused-ring (bicyclic) bond motifs is 2. The highest BCUT2D eigenvalue weighted by Crippen LogP contribution is 2.33. The van der Waals surface area contributed by atoms with Crippen molar-refractivity contribution in [3.05, 3.63) is 58.5 Å². The van der Waals surface area contributed by atoms with Gasteiger partial charge in [0.2, 0.25) is 11.8 Å². The van der Waals surface area contributed by atoms with Gasteiger partial charge in [-0.05, 0) is 36.2 Å². The number of anilines is 1. The molecule has 8 nitrogen and oxygen atoms in total. The maximum atomic E-state index is 15.1. The molecule has 3 amide bonds. The van der Waals surface area contributed by atoms with Crippen molar-refractivity contribution >= 4 is 44.8 Å². The second-order valence-corrected chi connectivity index (χ2v) is 10.4. The summed E-state index contributed by atoms with van der Waals surface area (Å²) in [5.74, 6) is -1.57. The number of carbonyl (C=O) groups is 3. The van der Waals surface area contributed by atoms with Crippen LogP contribution in [0.2, 0.25) is 0 Å². The van der Waals surface area contributed by atoms with Crippen LogP contribution in [0.15, 0.2) is 36.7 Å². The minimum absolute atomic E-state index is 0.193. The fourth-order valence-electron chi connectivity index (χ4n) is 5.20. The molecule has 1 N–H and O–H groups in total. The maximum absolute atomic E-state index is 15.1. The van der Waals surface area contributed by atoms with E-state index in [0.717, 1.165) is 30.6 Å². The van der Waals surface area contributed by atoms with Gasteiger partial charge in [0.05, 0.1) is 5.69 Å². The summed E-state index contributed by atoms with van der Waals surface area (Å²) in [7, 11) is 0. The van der Waals surface area contributed by atoms with Gasteiger partial charge in [-0.2, -0.15) is 0 Å². The fourth-order valence-corrected chi connectivity index (χ4v) is 6.28. The molecular formula is C25H24FN5O3S. The number of aromatic nitrogens is 1. The zero-order valence-corrected chi connectivity index (χ0v) is 19.8. The van der Waals surface area contributed by atoms with Crippen LogP contribution < -0.4 is 10.2 Å². The SMILES string of the molecule is O=C1CCC(N2Cc3cc(N4CCN(Cc5cc6cnccc6s5)CC4)c(F)cc3C2=O)C(=O)N1.